The van der Waals surface area contributed by atoms with E-state index in [1.54, 1.807) is 10.9 Å². The Bertz CT molecular complexity index is 771. The van der Waals surface area contributed by atoms with Crippen molar-refractivity contribution < 1.29 is 4.79 Å². The minimum absolute atomic E-state index is 0.0244. The van der Waals surface area contributed by atoms with Crippen LogP contribution in [0.4, 0.5) is 0 Å². The van der Waals surface area contributed by atoms with E-state index in [0.29, 0.717) is 11.1 Å². The monoisotopic (exact) mass is 250 g/mol. The molecule has 3 rings (SSSR count). The van der Waals surface area contributed by atoms with Crippen molar-refractivity contribution in [2.24, 2.45) is 7.05 Å². The molecule has 3 aromatic rings. The van der Waals surface area contributed by atoms with Gasteiger partial charge in [0, 0.05) is 18.8 Å². The Morgan fingerprint density at radius 2 is 1.84 bits per heavy atom. The third-order valence-electron chi connectivity index (χ3n) is 3.27. The number of benzene rings is 2. The largest absolute Gasteiger partial charge is 0.288 e. The molecule has 1 heterocycles. The summed E-state index contributed by atoms with van der Waals surface area (Å²) in [5, 5.41) is 6.44. The fraction of sp³-hybridized carbons (Fsp3) is 0.125. The molecule has 0 amide bonds. The van der Waals surface area contributed by atoms with Crippen LogP contribution >= 0.6 is 0 Å². The highest BCUT2D eigenvalue weighted by Gasteiger charge is 2.14. The first-order chi connectivity index (χ1) is 9.15. The smallest absolute Gasteiger partial charge is 0.196 e. The van der Waals surface area contributed by atoms with Crippen molar-refractivity contribution in [1.29, 1.82) is 0 Å². The van der Waals surface area contributed by atoms with Gasteiger partial charge in [0.1, 0.15) is 0 Å². The molecule has 0 unspecified atom stereocenters. The Kier molecular flexibility index (Phi) is 2.67. The predicted octanol–water partition coefficient (Wildman–Crippen LogP) is 3.11. The van der Waals surface area contributed by atoms with Gasteiger partial charge in [-0.05, 0) is 23.8 Å². The molecule has 3 nitrogen and oxygen atoms in total. The summed E-state index contributed by atoms with van der Waals surface area (Å²) < 4.78 is 1.67. The molecule has 94 valence electrons. The predicted molar refractivity (Wildman–Crippen MR) is 75.3 cm³/mol. The minimum Gasteiger partial charge on any atom is -0.288 e. The topological polar surface area (TPSA) is 34.9 Å². The highest BCUT2D eigenvalue weighted by Crippen LogP contribution is 2.19. The van der Waals surface area contributed by atoms with Crippen LogP contribution < -0.4 is 0 Å². The lowest BCUT2D eigenvalue weighted by molar-refractivity contribution is 0.103. The van der Waals surface area contributed by atoms with Crippen LogP contribution in [0.3, 0.4) is 0 Å². The van der Waals surface area contributed by atoms with Crippen LogP contribution in [0.25, 0.3) is 10.8 Å². The van der Waals surface area contributed by atoms with Gasteiger partial charge in [-0.1, -0.05) is 36.4 Å². The molecule has 0 N–H and O–H groups in total. The van der Waals surface area contributed by atoms with Crippen molar-refractivity contribution in [2.75, 3.05) is 0 Å². The van der Waals surface area contributed by atoms with E-state index in [2.05, 4.69) is 5.10 Å². The van der Waals surface area contributed by atoms with Gasteiger partial charge in [0.05, 0.1) is 11.3 Å². The molecular weight excluding hydrogens is 236 g/mol. The van der Waals surface area contributed by atoms with E-state index in [1.165, 1.54) is 0 Å². The molecule has 0 radical (unpaired) electrons. The lowest BCUT2D eigenvalue weighted by atomic mass is 10.0. The number of aromatic nitrogens is 2. The normalized spacial score (nSPS) is 10.8. The third kappa shape index (κ3) is 2.03. The number of hydrogen-bond acceptors (Lipinski definition) is 2. The van der Waals surface area contributed by atoms with E-state index in [4.69, 9.17) is 0 Å². The van der Waals surface area contributed by atoms with Crippen LogP contribution in [-0.4, -0.2) is 15.6 Å². The molecule has 0 aliphatic heterocycles. The molecule has 0 fully saturated rings. The van der Waals surface area contributed by atoms with Crippen molar-refractivity contribution in [3.63, 3.8) is 0 Å². The van der Waals surface area contributed by atoms with E-state index in [-0.39, 0.29) is 5.78 Å². The summed E-state index contributed by atoms with van der Waals surface area (Å²) in [6, 6.07) is 13.8. The van der Waals surface area contributed by atoms with Gasteiger partial charge >= 0.3 is 0 Å². The van der Waals surface area contributed by atoms with Crippen molar-refractivity contribution in [3.8, 4) is 0 Å². The second-order valence-corrected chi connectivity index (χ2v) is 4.69. The minimum atomic E-state index is 0.0244. The zero-order chi connectivity index (χ0) is 13.4. The Morgan fingerprint density at radius 3 is 2.53 bits per heavy atom. The number of carbonyl (C=O) groups excluding carboxylic acids is 1. The number of ketones is 1. The molecule has 0 aliphatic rings. The molecule has 0 spiro atoms. The van der Waals surface area contributed by atoms with Gasteiger partial charge in [-0.15, -0.1) is 0 Å². The van der Waals surface area contributed by atoms with Crippen LogP contribution in [0, 0.1) is 6.92 Å². The van der Waals surface area contributed by atoms with Crippen molar-refractivity contribution in [2.45, 2.75) is 6.92 Å². The number of rotatable bonds is 2. The third-order valence-corrected chi connectivity index (χ3v) is 3.27. The standard InChI is InChI=1S/C16H14N2O/c1-11-15(10-18(2)17-11)16(19)14-8-7-12-5-3-4-6-13(12)9-14/h3-10H,1-2H3. The van der Waals surface area contributed by atoms with Crippen LogP contribution in [0.5, 0.6) is 0 Å². The van der Waals surface area contributed by atoms with E-state index < -0.39 is 0 Å². The summed E-state index contributed by atoms with van der Waals surface area (Å²) >= 11 is 0. The quantitative estimate of drug-likeness (QED) is 0.655. The van der Waals surface area contributed by atoms with Gasteiger partial charge in [0.15, 0.2) is 5.78 Å². The van der Waals surface area contributed by atoms with Crippen molar-refractivity contribution in [1.82, 2.24) is 9.78 Å². The summed E-state index contributed by atoms with van der Waals surface area (Å²) in [7, 11) is 1.82. The van der Waals surface area contributed by atoms with E-state index in [1.807, 2.05) is 56.4 Å². The Balaban J connectivity index is 2.09. The number of fused-ring (bicyclic) bond motifs is 1. The van der Waals surface area contributed by atoms with E-state index in [9.17, 15) is 4.79 Å². The molecule has 0 saturated carbocycles. The zero-order valence-electron chi connectivity index (χ0n) is 10.9. The summed E-state index contributed by atoms with van der Waals surface area (Å²) in [5.74, 6) is 0.0244. The first kappa shape index (κ1) is 11.7. The van der Waals surface area contributed by atoms with Crippen molar-refractivity contribution >= 4 is 16.6 Å². The Labute approximate surface area is 111 Å². The zero-order valence-corrected chi connectivity index (χ0v) is 10.9. The first-order valence-electron chi connectivity index (χ1n) is 6.19. The highest BCUT2D eigenvalue weighted by atomic mass is 16.1. The van der Waals surface area contributed by atoms with Gasteiger partial charge in [0.25, 0.3) is 0 Å². The molecule has 0 saturated heterocycles. The summed E-state index contributed by atoms with van der Waals surface area (Å²) in [4.78, 5) is 12.5. The molecule has 19 heavy (non-hydrogen) atoms. The first-order valence-corrected chi connectivity index (χ1v) is 6.19. The average molecular weight is 250 g/mol. The van der Waals surface area contributed by atoms with Gasteiger partial charge in [-0.2, -0.15) is 5.10 Å². The highest BCUT2D eigenvalue weighted by molar-refractivity contribution is 6.11. The maximum atomic E-state index is 12.5. The SMILES string of the molecule is Cc1nn(C)cc1C(=O)c1ccc2ccccc2c1. The van der Waals surface area contributed by atoms with E-state index >= 15 is 0 Å². The van der Waals surface area contributed by atoms with Gasteiger partial charge < -0.3 is 0 Å². The van der Waals surface area contributed by atoms with Crippen LogP contribution in [0.1, 0.15) is 21.6 Å². The van der Waals surface area contributed by atoms with Gasteiger partial charge in [-0.25, -0.2) is 0 Å². The maximum absolute atomic E-state index is 12.5. The van der Waals surface area contributed by atoms with Crippen molar-refractivity contribution in [3.05, 3.63) is 65.5 Å². The fourth-order valence-corrected chi connectivity index (χ4v) is 2.31. The number of hydrogen-bond donors (Lipinski definition) is 0. The number of carbonyl (C=O) groups is 1. The average Bonchev–Trinajstić information content (AvgIpc) is 2.76. The molecule has 0 aliphatic carbocycles. The fourth-order valence-electron chi connectivity index (χ4n) is 2.31. The molecular formula is C16H14N2O. The molecule has 1 aromatic heterocycles. The lowest BCUT2D eigenvalue weighted by Gasteiger charge is -2.02. The molecule has 0 atom stereocenters. The second kappa shape index (κ2) is 4.35. The summed E-state index contributed by atoms with van der Waals surface area (Å²) in [6.07, 6.45) is 1.77. The summed E-state index contributed by atoms with van der Waals surface area (Å²) in [6.45, 7) is 1.86. The van der Waals surface area contributed by atoms with Crippen LogP contribution in [0.2, 0.25) is 0 Å². The maximum Gasteiger partial charge on any atom is 0.196 e. The van der Waals surface area contributed by atoms with Crippen LogP contribution in [-0.2, 0) is 7.05 Å². The molecule has 3 heteroatoms. The number of aryl methyl sites for hydroxylation is 2. The van der Waals surface area contributed by atoms with Gasteiger partial charge in [-0.3, -0.25) is 9.48 Å². The Hall–Kier alpha value is -2.42. The van der Waals surface area contributed by atoms with Gasteiger partial charge in [0.2, 0.25) is 0 Å². The lowest BCUT2D eigenvalue weighted by Crippen LogP contribution is -2.01. The van der Waals surface area contributed by atoms with Crippen LogP contribution in [0.15, 0.2) is 48.7 Å². The second-order valence-electron chi connectivity index (χ2n) is 4.69. The molecule has 2 aromatic carbocycles. The van der Waals surface area contributed by atoms with E-state index in [0.717, 1.165) is 16.5 Å². The Morgan fingerprint density at radius 1 is 1.11 bits per heavy atom. The molecule has 0 bridgehead atoms. The summed E-state index contributed by atoms with van der Waals surface area (Å²) in [5.41, 5.74) is 2.13. The number of nitrogens with zero attached hydrogens (tertiary/aromatic N) is 2.